The van der Waals surface area contributed by atoms with Crippen molar-refractivity contribution >= 4 is 75.9 Å². The summed E-state index contributed by atoms with van der Waals surface area (Å²) in [5.41, 5.74) is 5.29. The molecule has 0 saturated carbocycles. The van der Waals surface area contributed by atoms with Gasteiger partial charge in [0.15, 0.2) is 17.5 Å². The minimum Gasteiger partial charge on any atom is -0.456 e. The van der Waals surface area contributed by atoms with E-state index in [1.54, 1.807) is 0 Å². The molecule has 0 unspecified atom stereocenters. The Bertz CT molecular complexity index is 3220. The molecule has 0 aliphatic heterocycles. The maximum Gasteiger partial charge on any atom is 0.164 e. The molecule has 0 aliphatic rings. The molecule has 5 heteroatoms. The van der Waals surface area contributed by atoms with Gasteiger partial charge in [0, 0.05) is 44.4 Å². The highest BCUT2D eigenvalue weighted by molar-refractivity contribution is 6.22. The lowest BCUT2D eigenvalue weighted by Gasteiger charge is -2.12. The predicted octanol–water partition coefficient (Wildman–Crippen LogP) is 11.9. The first kappa shape index (κ1) is 27.9. The van der Waals surface area contributed by atoms with Gasteiger partial charge < -0.3 is 4.42 Å². The zero-order valence-electron chi connectivity index (χ0n) is 27.2. The number of fused-ring (bicyclic) bond motifs is 11. The molecule has 0 fully saturated rings. The molecule has 0 atom stereocenters. The Labute approximate surface area is 291 Å². The summed E-state index contributed by atoms with van der Waals surface area (Å²) < 4.78 is 6.44. The predicted molar refractivity (Wildman–Crippen MR) is 209 cm³/mol. The van der Waals surface area contributed by atoms with Crippen molar-refractivity contribution in [2.24, 2.45) is 0 Å². The van der Waals surface area contributed by atoms with Crippen LogP contribution in [0.25, 0.3) is 110 Å². The summed E-state index contributed by atoms with van der Waals surface area (Å²) in [4.78, 5) is 20.4. The summed E-state index contributed by atoms with van der Waals surface area (Å²) in [6, 6.07) is 52.6. The zero-order chi connectivity index (χ0) is 33.5. The molecule has 51 heavy (non-hydrogen) atoms. The molecule has 8 aromatic carbocycles. The number of hydrogen-bond donors (Lipinski definition) is 0. The Balaban J connectivity index is 1.19. The van der Waals surface area contributed by atoms with E-state index < -0.39 is 0 Å². The van der Waals surface area contributed by atoms with E-state index in [-0.39, 0.29) is 0 Å². The molecule has 0 aliphatic carbocycles. The number of hydrogen-bond acceptors (Lipinski definition) is 5. The van der Waals surface area contributed by atoms with Crippen LogP contribution in [0.2, 0.25) is 0 Å². The zero-order valence-corrected chi connectivity index (χ0v) is 27.2. The lowest BCUT2D eigenvalue weighted by atomic mass is 9.98. The Morgan fingerprint density at radius 3 is 1.88 bits per heavy atom. The Morgan fingerprint density at radius 2 is 1.02 bits per heavy atom. The number of benzene rings is 8. The van der Waals surface area contributed by atoms with E-state index in [2.05, 4.69) is 140 Å². The number of para-hydroxylation sites is 1. The van der Waals surface area contributed by atoms with E-state index in [0.29, 0.717) is 17.5 Å². The smallest absolute Gasteiger partial charge is 0.164 e. The molecular formula is C46H26N4O. The van der Waals surface area contributed by atoms with Crippen LogP contribution in [0.1, 0.15) is 0 Å². The summed E-state index contributed by atoms with van der Waals surface area (Å²) in [7, 11) is 0. The minimum atomic E-state index is 0.587. The Morgan fingerprint density at radius 1 is 0.373 bits per heavy atom. The first-order chi connectivity index (χ1) is 25.2. The van der Waals surface area contributed by atoms with Gasteiger partial charge >= 0.3 is 0 Å². The number of aromatic nitrogens is 4. The molecule has 3 aromatic heterocycles. The van der Waals surface area contributed by atoms with Crippen LogP contribution in [0.5, 0.6) is 0 Å². The Kier molecular flexibility index (Phi) is 5.89. The third kappa shape index (κ3) is 4.35. The van der Waals surface area contributed by atoms with Crippen LogP contribution in [-0.2, 0) is 0 Å². The number of rotatable bonds is 3. The van der Waals surface area contributed by atoms with Crippen LogP contribution in [-0.4, -0.2) is 19.9 Å². The van der Waals surface area contributed by atoms with E-state index >= 15 is 0 Å². The molecule has 0 amide bonds. The van der Waals surface area contributed by atoms with Gasteiger partial charge in [-0.05, 0) is 74.1 Å². The maximum absolute atomic E-state index is 6.44. The lowest BCUT2D eigenvalue weighted by Crippen LogP contribution is -2.01. The van der Waals surface area contributed by atoms with Crippen LogP contribution >= 0.6 is 0 Å². The van der Waals surface area contributed by atoms with Gasteiger partial charge in [-0.3, -0.25) is 4.98 Å². The standard InChI is InChI=1S/C46H26N4O/c1-2-11-29-23-30(18-17-27(29)9-1)44-48-45(31-20-22-40-37(24-31)34-21-19-28-10-3-4-12-32(28)39(34)26-47-40)50-46(49-44)38-25-42-43(35-14-6-5-13-33(35)38)36-15-7-8-16-41(36)51-42/h1-26H. The van der Waals surface area contributed by atoms with Gasteiger partial charge in [0.25, 0.3) is 0 Å². The van der Waals surface area contributed by atoms with Crippen LogP contribution in [0, 0.1) is 0 Å². The van der Waals surface area contributed by atoms with Gasteiger partial charge in [0.2, 0.25) is 0 Å². The van der Waals surface area contributed by atoms with E-state index in [4.69, 9.17) is 24.4 Å². The van der Waals surface area contributed by atoms with Crippen molar-refractivity contribution in [2.45, 2.75) is 0 Å². The number of pyridine rings is 1. The molecule has 5 nitrogen and oxygen atoms in total. The summed E-state index contributed by atoms with van der Waals surface area (Å²) in [5.74, 6) is 1.79. The number of furan rings is 1. The molecule has 0 saturated heterocycles. The lowest BCUT2D eigenvalue weighted by molar-refractivity contribution is 0.669. The van der Waals surface area contributed by atoms with Crippen molar-refractivity contribution in [1.82, 2.24) is 19.9 Å². The second kappa shape index (κ2) is 10.8. The summed E-state index contributed by atoms with van der Waals surface area (Å²) >= 11 is 0. The van der Waals surface area contributed by atoms with Crippen molar-refractivity contribution in [3.63, 3.8) is 0 Å². The fraction of sp³-hybridized carbons (Fsp3) is 0. The van der Waals surface area contributed by atoms with Crippen LogP contribution in [0.15, 0.2) is 162 Å². The first-order valence-electron chi connectivity index (χ1n) is 17.0. The van der Waals surface area contributed by atoms with Gasteiger partial charge in [-0.1, -0.05) is 115 Å². The van der Waals surface area contributed by atoms with Crippen molar-refractivity contribution in [3.05, 3.63) is 158 Å². The highest BCUT2D eigenvalue weighted by Crippen LogP contribution is 2.40. The van der Waals surface area contributed by atoms with Crippen molar-refractivity contribution in [2.75, 3.05) is 0 Å². The first-order valence-corrected chi connectivity index (χ1v) is 17.0. The van der Waals surface area contributed by atoms with Crippen molar-refractivity contribution < 1.29 is 4.42 Å². The Hall–Kier alpha value is -6.98. The van der Waals surface area contributed by atoms with E-state index in [9.17, 15) is 0 Å². The van der Waals surface area contributed by atoms with Gasteiger partial charge in [-0.25, -0.2) is 15.0 Å². The van der Waals surface area contributed by atoms with E-state index in [0.717, 1.165) is 76.5 Å². The van der Waals surface area contributed by atoms with E-state index in [1.165, 1.54) is 16.2 Å². The van der Waals surface area contributed by atoms with E-state index in [1.807, 2.05) is 18.3 Å². The summed E-state index contributed by atoms with van der Waals surface area (Å²) in [5, 5.41) is 12.3. The fourth-order valence-corrected chi connectivity index (χ4v) is 7.66. The molecule has 0 radical (unpaired) electrons. The summed E-state index contributed by atoms with van der Waals surface area (Å²) in [6.07, 6.45) is 1.98. The van der Waals surface area contributed by atoms with Crippen molar-refractivity contribution in [1.29, 1.82) is 0 Å². The SMILES string of the molecule is c1ccc2cc(-c3nc(-c4ccc5ncc6c7ccccc7ccc6c5c4)nc(-c4cc5oc6ccccc6c5c5ccccc45)n3)ccc2c1. The highest BCUT2D eigenvalue weighted by Gasteiger charge is 2.19. The largest absolute Gasteiger partial charge is 0.456 e. The average molecular weight is 651 g/mol. The molecule has 0 N–H and O–H groups in total. The molecule has 0 bridgehead atoms. The number of nitrogens with zero attached hydrogens (tertiary/aromatic N) is 4. The minimum absolute atomic E-state index is 0.587. The van der Waals surface area contributed by atoms with Gasteiger partial charge in [-0.15, -0.1) is 0 Å². The fourth-order valence-electron chi connectivity index (χ4n) is 7.66. The van der Waals surface area contributed by atoms with Crippen molar-refractivity contribution in [3.8, 4) is 34.2 Å². The highest BCUT2D eigenvalue weighted by atomic mass is 16.3. The molecule has 3 heterocycles. The molecule has 11 rings (SSSR count). The second-order valence-electron chi connectivity index (χ2n) is 13.0. The third-order valence-corrected chi connectivity index (χ3v) is 10.1. The monoisotopic (exact) mass is 650 g/mol. The summed E-state index contributed by atoms with van der Waals surface area (Å²) in [6.45, 7) is 0. The molecular weight excluding hydrogens is 625 g/mol. The third-order valence-electron chi connectivity index (χ3n) is 10.1. The van der Waals surface area contributed by atoms with Gasteiger partial charge in [0.1, 0.15) is 11.2 Å². The topological polar surface area (TPSA) is 64.7 Å². The molecule has 236 valence electrons. The average Bonchev–Trinajstić information content (AvgIpc) is 3.58. The normalized spacial score (nSPS) is 11.9. The van der Waals surface area contributed by atoms with Crippen LogP contribution < -0.4 is 0 Å². The quantitative estimate of drug-likeness (QED) is 0.178. The second-order valence-corrected chi connectivity index (χ2v) is 13.0. The van der Waals surface area contributed by atoms with Crippen LogP contribution in [0.3, 0.4) is 0 Å². The maximum atomic E-state index is 6.44. The van der Waals surface area contributed by atoms with Crippen LogP contribution in [0.4, 0.5) is 0 Å². The molecule has 11 aromatic rings. The molecule has 0 spiro atoms. The van der Waals surface area contributed by atoms with Gasteiger partial charge in [0.05, 0.1) is 5.52 Å². The van der Waals surface area contributed by atoms with Gasteiger partial charge in [-0.2, -0.15) is 0 Å².